The molecule has 21 heavy (non-hydrogen) atoms. The van der Waals surface area contributed by atoms with E-state index in [1.54, 1.807) is 26.2 Å². The van der Waals surface area contributed by atoms with E-state index in [0.29, 0.717) is 16.3 Å². The number of benzene rings is 1. The zero-order chi connectivity index (χ0) is 15.4. The molecule has 2 rings (SSSR count). The van der Waals surface area contributed by atoms with Crippen molar-refractivity contribution in [2.45, 2.75) is 13.0 Å². The summed E-state index contributed by atoms with van der Waals surface area (Å²) < 4.78 is 5.38. The van der Waals surface area contributed by atoms with Gasteiger partial charge in [0.1, 0.15) is 11.9 Å². The first-order valence-electron chi connectivity index (χ1n) is 6.20. The number of ether oxygens (including phenoxy) is 1. The van der Waals surface area contributed by atoms with Crippen LogP contribution in [0.25, 0.3) is 0 Å². The molecular formula is C15H15ClN4O. The lowest BCUT2D eigenvalue weighted by atomic mass is 10.1. The summed E-state index contributed by atoms with van der Waals surface area (Å²) in [5.74, 6) is 6.36. The van der Waals surface area contributed by atoms with Crippen LogP contribution in [0, 0.1) is 18.8 Å². The molecule has 0 fully saturated rings. The molecule has 0 aliphatic heterocycles. The number of halogens is 1. The minimum atomic E-state index is -0.390. The lowest BCUT2D eigenvalue weighted by Gasteiger charge is -2.09. The van der Waals surface area contributed by atoms with Crippen molar-refractivity contribution in [3.05, 3.63) is 46.1 Å². The minimum Gasteiger partial charge on any atom is -0.382 e. The van der Waals surface area contributed by atoms with Gasteiger partial charge in [0.05, 0.1) is 11.3 Å². The largest absolute Gasteiger partial charge is 0.382 e. The third-order valence-electron chi connectivity index (χ3n) is 2.87. The predicted octanol–water partition coefficient (Wildman–Crippen LogP) is 2.34. The molecule has 1 heterocycles. The molecular weight excluding hydrogens is 288 g/mol. The molecule has 1 atom stereocenters. The number of nitrogen functional groups attached to an aromatic ring is 2. The number of hydrogen-bond acceptors (Lipinski definition) is 5. The quantitative estimate of drug-likeness (QED) is 0.831. The number of nitrogens with two attached hydrogens (primary N) is 2. The molecule has 6 heteroatoms. The SMILES string of the molecule is COC(C#Cc1c(C)nc(N)nc1N)c1ccc(Cl)cc1. The number of nitrogens with zero attached hydrogens (tertiary/aromatic N) is 2. The second-order valence-electron chi connectivity index (χ2n) is 4.36. The zero-order valence-electron chi connectivity index (χ0n) is 11.7. The Balaban J connectivity index is 2.34. The van der Waals surface area contributed by atoms with Crippen LogP contribution >= 0.6 is 11.6 Å². The first kappa shape index (κ1) is 15.1. The van der Waals surface area contributed by atoms with E-state index in [-0.39, 0.29) is 11.8 Å². The van der Waals surface area contributed by atoms with Gasteiger partial charge < -0.3 is 16.2 Å². The van der Waals surface area contributed by atoms with E-state index in [0.717, 1.165) is 5.56 Å². The van der Waals surface area contributed by atoms with Crippen molar-refractivity contribution in [1.82, 2.24) is 9.97 Å². The molecule has 1 unspecified atom stereocenters. The zero-order valence-corrected chi connectivity index (χ0v) is 12.5. The van der Waals surface area contributed by atoms with Gasteiger partial charge in [-0.15, -0.1) is 0 Å². The van der Waals surface area contributed by atoms with E-state index in [9.17, 15) is 0 Å². The number of rotatable bonds is 2. The monoisotopic (exact) mass is 302 g/mol. The van der Waals surface area contributed by atoms with Gasteiger partial charge in [0.2, 0.25) is 5.95 Å². The fourth-order valence-corrected chi connectivity index (χ4v) is 1.95. The lowest BCUT2D eigenvalue weighted by Crippen LogP contribution is -2.05. The highest BCUT2D eigenvalue weighted by molar-refractivity contribution is 6.30. The van der Waals surface area contributed by atoms with Gasteiger partial charge in [-0.25, -0.2) is 4.98 Å². The Morgan fingerprint density at radius 2 is 1.86 bits per heavy atom. The van der Waals surface area contributed by atoms with Crippen LogP contribution in [0.1, 0.15) is 22.9 Å². The summed E-state index contributed by atoms with van der Waals surface area (Å²) in [4.78, 5) is 7.95. The van der Waals surface area contributed by atoms with Crippen molar-refractivity contribution < 1.29 is 4.74 Å². The summed E-state index contributed by atoms with van der Waals surface area (Å²) in [6.07, 6.45) is -0.390. The molecule has 5 nitrogen and oxygen atoms in total. The van der Waals surface area contributed by atoms with E-state index in [1.807, 2.05) is 12.1 Å². The van der Waals surface area contributed by atoms with Gasteiger partial charge in [-0.2, -0.15) is 4.98 Å². The maximum atomic E-state index is 5.87. The molecule has 1 aromatic heterocycles. The highest BCUT2D eigenvalue weighted by Crippen LogP contribution is 2.19. The van der Waals surface area contributed by atoms with Crippen LogP contribution in [0.15, 0.2) is 24.3 Å². The highest BCUT2D eigenvalue weighted by Gasteiger charge is 2.08. The van der Waals surface area contributed by atoms with Gasteiger partial charge in [0, 0.05) is 12.1 Å². The summed E-state index contributed by atoms with van der Waals surface area (Å²) in [5.41, 5.74) is 13.4. The Labute approximate surface area is 128 Å². The fourth-order valence-electron chi connectivity index (χ4n) is 1.83. The molecule has 0 radical (unpaired) electrons. The lowest BCUT2D eigenvalue weighted by molar-refractivity contribution is 0.150. The fraction of sp³-hybridized carbons (Fsp3) is 0.200. The summed E-state index contributed by atoms with van der Waals surface area (Å²) in [5, 5.41) is 0.661. The molecule has 0 spiro atoms. The van der Waals surface area contributed by atoms with Crippen LogP contribution in [-0.4, -0.2) is 17.1 Å². The van der Waals surface area contributed by atoms with Gasteiger partial charge in [-0.1, -0.05) is 35.6 Å². The van der Waals surface area contributed by atoms with Crippen molar-refractivity contribution in [3.63, 3.8) is 0 Å². The third-order valence-corrected chi connectivity index (χ3v) is 3.12. The van der Waals surface area contributed by atoms with Gasteiger partial charge in [-0.3, -0.25) is 0 Å². The van der Waals surface area contributed by atoms with Crippen LogP contribution in [0.3, 0.4) is 0 Å². The summed E-state index contributed by atoms with van der Waals surface area (Å²) in [6, 6.07) is 7.30. The second kappa shape index (κ2) is 6.44. The minimum absolute atomic E-state index is 0.136. The second-order valence-corrected chi connectivity index (χ2v) is 4.80. The normalized spacial score (nSPS) is 11.6. The van der Waals surface area contributed by atoms with Crippen LogP contribution in [0.2, 0.25) is 5.02 Å². The Morgan fingerprint density at radius 1 is 1.19 bits per heavy atom. The summed E-state index contributed by atoms with van der Waals surface area (Å²) >= 11 is 5.87. The van der Waals surface area contributed by atoms with Crippen molar-refractivity contribution in [1.29, 1.82) is 0 Å². The van der Waals surface area contributed by atoms with Crippen molar-refractivity contribution in [3.8, 4) is 11.8 Å². The first-order chi connectivity index (χ1) is 10.0. The molecule has 0 saturated heterocycles. The predicted molar refractivity (Wildman–Crippen MR) is 83.7 cm³/mol. The average molecular weight is 303 g/mol. The topological polar surface area (TPSA) is 87.0 Å². The summed E-state index contributed by atoms with van der Waals surface area (Å²) in [7, 11) is 1.59. The number of aromatic nitrogens is 2. The van der Waals surface area contributed by atoms with E-state index >= 15 is 0 Å². The van der Waals surface area contributed by atoms with Gasteiger partial charge >= 0.3 is 0 Å². The van der Waals surface area contributed by atoms with E-state index in [1.165, 1.54) is 0 Å². The van der Waals surface area contributed by atoms with E-state index < -0.39 is 6.10 Å². The number of aryl methyl sites for hydroxylation is 1. The van der Waals surface area contributed by atoms with Crippen LogP contribution in [0.4, 0.5) is 11.8 Å². The Kier molecular flexibility index (Phi) is 4.63. The summed E-state index contributed by atoms with van der Waals surface area (Å²) in [6.45, 7) is 1.78. The molecule has 108 valence electrons. The molecule has 4 N–H and O–H groups in total. The van der Waals surface area contributed by atoms with Crippen LogP contribution < -0.4 is 11.5 Å². The molecule has 0 aliphatic carbocycles. The van der Waals surface area contributed by atoms with Gasteiger partial charge in [0.15, 0.2) is 0 Å². The smallest absolute Gasteiger partial charge is 0.222 e. The molecule has 0 bridgehead atoms. The van der Waals surface area contributed by atoms with E-state index in [2.05, 4.69) is 21.8 Å². The molecule has 0 saturated carbocycles. The Bertz CT molecular complexity index is 681. The first-order valence-corrected chi connectivity index (χ1v) is 6.58. The van der Waals surface area contributed by atoms with E-state index in [4.69, 9.17) is 27.8 Å². The van der Waals surface area contributed by atoms with Crippen molar-refractivity contribution >= 4 is 23.4 Å². The number of methoxy groups -OCH3 is 1. The molecule has 2 aromatic rings. The maximum Gasteiger partial charge on any atom is 0.222 e. The van der Waals surface area contributed by atoms with Crippen LogP contribution in [0.5, 0.6) is 0 Å². The van der Waals surface area contributed by atoms with Gasteiger partial charge in [0.25, 0.3) is 0 Å². The Hall–Kier alpha value is -2.29. The third kappa shape index (κ3) is 3.63. The van der Waals surface area contributed by atoms with Gasteiger partial charge in [-0.05, 0) is 24.6 Å². The molecule has 0 amide bonds. The highest BCUT2D eigenvalue weighted by atomic mass is 35.5. The Morgan fingerprint density at radius 3 is 2.43 bits per heavy atom. The van der Waals surface area contributed by atoms with Crippen molar-refractivity contribution in [2.24, 2.45) is 0 Å². The standard InChI is InChI=1S/C15H15ClN4O/c1-9-12(14(17)20-15(18)19-9)7-8-13(21-2)10-3-5-11(16)6-4-10/h3-6,13H,1-2H3,(H4,17,18,19,20). The average Bonchev–Trinajstić information content (AvgIpc) is 2.43. The van der Waals surface area contributed by atoms with Crippen LogP contribution in [-0.2, 0) is 4.74 Å². The molecule has 1 aromatic carbocycles. The number of anilines is 2. The number of hydrogen-bond donors (Lipinski definition) is 2. The maximum absolute atomic E-state index is 5.87. The molecule has 0 aliphatic rings. The van der Waals surface area contributed by atoms with Crippen molar-refractivity contribution in [2.75, 3.05) is 18.6 Å².